The van der Waals surface area contributed by atoms with Crippen molar-refractivity contribution in [2.75, 3.05) is 13.7 Å². The van der Waals surface area contributed by atoms with Crippen molar-refractivity contribution in [3.8, 4) is 5.75 Å². The first-order valence-corrected chi connectivity index (χ1v) is 7.12. The van der Waals surface area contributed by atoms with Crippen LogP contribution in [0.4, 0.5) is 0 Å². The van der Waals surface area contributed by atoms with Crippen LogP contribution in [0.15, 0.2) is 41.7 Å². The van der Waals surface area contributed by atoms with Crippen LogP contribution in [-0.2, 0) is 0 Å². The fraction of sp³-hybridized carbons (Fsp3) is 0.294. The molecule has 2 rings (SSSR count). The number of amides is 1. The zero-order valence-corrected chi connectivity index (χ0v) is 13.1. The zero-order chi connectivity index (χ0) is 16.3. The molecule has 1 amide bonds. The van der Waals surface area contributed by atoms with Gasteiger partial charge in [-0.25, -0.2) is 0 Å². The summed E-state index contributed by atoms with van der Waals surface area (Å²) in [5.74, 6) is 0.349. The highest BCUT2D eigenvalue weighted by atomic mass is 16.5. The number of carbonyl (C=O) groups excluding carboxylic acids is 1. The molecule has 0 bridgehead atoms. The van der Waals surface area contributed by atoms with Gasteiger partial charge in [0, 0.05) is 18.0 Å². The van der Waals surface area contributed by atoms with Gasteiger partial charge in [-0.2, -0.15) is 0 Å². The average molecular weight is 300 g/mol. The number of fused-ring (bicyclic) bond motifs is 1. The van der Waals surface area contributed by atoms with Gasteiger partial charge in [0.05, 0.1) is 7.11 Å². The second kappa shape index (κ2) is 6.47. The van der Waals surface area contributed by atoms with Gasteiger partial charge < -0.3 is 14.6 Å². The summed E-state index contributed by atoms with van der Waals surface area (Å²) in [5, 5.41) is 3.97. The smallest absolute Gasteiger partial charge is 0.268 e. The Morgan fingerprint density at radius 2 is 2.14 bits per heavy atom. The molecule has 0 spiro atoms. The molecule has 0 radical (unpaired) electrons. The van der Waals surface area contributed by atoms with Gasteiger partial charge in [0.15, 0.2) is 0 Å². The third kappa shape index (κ3) is 2.88. The Morgan fingerprint density at radius 3 is 2.73 bits per heavy atom. The number of nitrogens with one attached hydrogen (secondary N) is 1. The van der Waals surface area contributed by atoms with Gasteiger partial charge >= 0.3 is 0 Å². The molecule has 1 aromatic carbocycles. The van der Waals surface area contributed by atoms with Gasteiger partial charge in [-0.1, -0.05) is 6.08 Å². The molecule has 0 fully saturated rings. The number of aromatic nitrogens is 1. The topological polar surface area (TPSA) is 60.3 Å². The summed E-state index contributed by atoms with van der Waals surface area (Å²) < 4.78 is 6.69. The summed E-state index contributed by atoms with van der Waals surface area (Å²) in [6.07, 6.45) is 1.60. The lowest BCUT2D eigenvalue weighted by molar-refractivity contribution is 0.0946. The Labute approximate surface area is 129 Å². The first-order valence-electron chi connectivity index (χ1n) is 7.12. The maximum atomic E-state index is 12.7. The predicted molar refractivity (Wildman–Crippen MR) is 87.7 cm³/mol. The molecule has 5 heteroatoms. The second-order valence-corrected chi connectivity index (χ2v) is 5.25. The van der Waals surface area contributed by atoms with Crippen molar-refractivity contribution in [1.82, 2.24) is 9.88 Å². The highest BCUT2D eigenvalue weighted by Gasteiger charge is 2.17. The third-order valence-electron chi connectivity index (χ3n) is 3.42. The number of ether oxygens (including phenoxy) is 1. The molecule has 0 saturated heterocycles. The minimum Gasteiger partial charge on any atom is -0.497 e. The fourth-order valence-corrected chi connectivity index (χ4v) is 2.38. The van der Waals surface area contributed by atoms with Crippen LogP contribution in [0.25, 0.3) is 10.8 Å². The highest BCUT2D eigenvalue weighted by Crippen LogP contribution is 2.21. The molecule has 0 aliphatic heterocycles. The van der Waals surface area contributed by atoms with Gasteiger partial charge in [-0.3, -0.25) is 9.59 Å². The molecule has 0 unspecified atom stereocenters. The Hall–Kier alpha value is -2.56. The number of hydrogen-bond acceptors (Lipinski definition) is 3. The van der Waals surface area contributed by atoms with Crippen LogP contribution >= 0.6 is 0 Å². The van der Waals surface area contributed by atoms with E-state index < -0.39 is 0 Å². The number of carbonyl (C=O) groups is 1. The lowest BCUT2D eigenvalue weighted by Gasteiger charge is -2.17. The molecule has 0 saturated carbocycles. The summed E-state index contributed by atoms with van der Waals surface area (Å²) in [6, 6.07) is 6.82. The number of methoxy groups -OCH3 is 1. The van der Waals surface area contributed by atoms with E-state index in [1.54, 1.807) is 37.5 Å². The molecule has 22 heavy (non-hydrogen) atoms. The number of rotatable bonds is 5. The molecular formula is C17H20N2O3. The summed E-state index contributed by atoms with van der Waals surface area (Å²) in [4.78, 5) is 25.0. The largest absolute Gasteiger partial charge is 0.497 e. The van der Waals surface area contributed by atoms with Crippen LogP contribution in [0.5, 0.6) is 5.75 Å². The minimum atomic E-state index is -0.296. The van der Waals surface area contributed by atoms with E-state index in [9.17, 15) is 9.59 Å². The van der Waals surface area contributed by atoms with Crippen LogP contribution in [0.3, 0.4) is 0 Å². The number of pyridine rings is 1. The highest BCUT2D eigenvalue weighted by molar-refractivity contribution is 5.97. The van der Waals surface area contributed by atoms with E-state index in [4.69, 9.17) is 4.74 Å². The fourth-order valence-electron chi connectivity index (χ4n) is 2.38. The van der Waals surface area contributed by atoms with E-state index in [2.05, 4.69) is 11.9 Å². The zero-order valence-electron chi connectivity index (χ0n) is 13.1. The van der Waals surface area contributed by atoms with Crippen molar-refractivity contribution >= 4 is 16.7 Å². The Morgan fingerprint density at radius 1 is 1.41 bits per heavy atom. The molecule has 0 aliphatic rings. The van der Waals surface area contributed by atoms with E-state index in [1.165, 1.54) is 4.57 Å². The maximum Gasteiger partial charge on any atom is 0.268 e. The Kier molecular flexibility index (Phi) is 4.65. The van der Waals surface area contributed by atoms with E-state index in [1.807, 2.05) is 13.8 Å². The van der Waals surface area contributed by atoms with Crippen LogP contribution in [0.1, 0.15) is 30.4 Å². The third-order valence-corrected chi connectivity index (χ3v) is 3.42. The summed E-state index contributed by atoms with van der Waals surface area (Å²) in [6.45, 7) is 7.67. The quantitative estimate of drug-likeness (QED) is 0.863. The van der Waals surface area contributed by atoms with Gasteiger partial charge in [0.2, 0.25) is 0 Å². The Bertz CT molecular complexity index is 775. The van der Waals surface area contributed by atoms with Gasteiger partial charge in [-0.15, -0.1) is 6.58 Å². The normalized spacial score (nSPS) is 10.7. The standard InChI is InChI=1S/C17H20N2O3/c1-5-8-18-16(20)15-10-12-9-13(22-4)6-7-14(12)17(21)19(15)11(2)3/h5-7,9-11H,1,8H2,2-4H3,(H,18,20). The van der Waals surface area contributed by atoms with Crippen molar-refractivity contribution in [2.45, 2.75) is 19.9 Å². The number of hydrogen-bond donors (Lipinski definition) is 1. The number of nitrogens with zero attached hydrogens (tertiary/aromatic N) is 1. The SMILES string of the molecule is C=CCNC(=O)c1cc2cc(OC)ccc2c(=O)n1C(C)C. The van der Waals surface area contributed by atoms with Crippen LogP contribution < -0.4 is 15.6 Å². The maximum absolute atomic E-state index is 12.7. The van der Waals surface area contributed by atoms with Crippen molar-refractivity contribution in [1.29, 1.82) is 0 Å². The predicted octanol–water partition coefficient (Wildman–Crippen LogP) is 2.51. The van der Waals surface area contributed by atoms with Crippen LogP contribution in [0, 0.1) is 0 Å². The monoisotopic (exact) mass is 300 g/mol. The molecule has 0 atom stereocenters. The molecule has 0 aliphatic carbocycles. The van der Waals surface area contributed by atoms with Crippen molar-refractivity contribution < 1.29 is 9.53 Å². The molecular weight excluding hydrogens is 280 g/mol. The first kappa shape index (κ1) is 15.8. The molecule has 1 heterocycles. The van der Waals surface area contributed by atoms with Crippen molar-refractivity contribution in [3.63, 3.8) is 0 Å². The van der Waals surface area contributed by atoms with Crippen LogP contribution in [-0.4, -0.2) is 24.1 Å². The first-order chi connectivity index (χ1) is 10.5. The molecule has 5 nitrogen and oxygen atoms in total. The minimum absolute atomic E-state index is 0.122. The summed E-state index contributed by atoms with van der Waals surface area (Å²) in [7, 11) is 1.56. The van der Waals surface area contributed by atoms with E-state index >= 15 is 0 Å². The molecule has 116 valence electrons. The van der Waals surface area contributed by atoms with E-state index in [0.29, 0.717) is 28.8 Å². The summed E-state index contributed by atoms with van der Waals surface area (Å²) in [5.41, 5.74) is 0.154. The number of benzene rings is 1. The van der Waals surface area contributed by atoms with Gasteiger partial charge in [0.1, 0.15) is 11.4 Å². The molecule has 1 N–H and O–H groups in total. The molecule has 2 aromatic rings. The lowest BCUT2D eigenvalue weighted by Crippen LogP contribution is -2.33. The van der Waals surface area contributed by atoms with Gasteiger partial charge in [-0.05, 0) is 43.5 Å². The Balaban J connectivity index is 2.71. The van der Waals surface area contributed by atoms with Crippen molar-refractivity contribution in [3.05, 3.63) is 53.0 Å². The van der Waals surface area contributed by atoms with E-state index in [-0.39, 0.29) is 17.5 Å². The van der Waals surface area contributed by atoms with Crippen LogP contribution in [0.2, 0.25) is 0 Å². The lowest BCUT2D eigenvalue weighted by atomic mass is 10.1. The van der Waals surface area contributed by atoms with E-state index in [0.717, 1.165) is 0 Å². The average Bonchev–Trinajstić information content (AvgIpc) is 2.51. The second-order valence-electron chi connectivity index (χ2n) is 5.25. The molecule has 1 aromatic heterocycles. The summed E-state index contributed by atoms with van der Waals surface area (Å²) >= 11 is 0. The van der Waals surface area contributed by atoms with Gasteiger partial charge in [0.25, 0.3) is 11.5 Å². The van der Waals surface area contributed by atoms with Crippen molar-refractivity contribution in [2.24, 2.45) is 0 Å².